The van der Waals surface area contributed by atoms with Crippen molar-refractivity contribution in [3.63, 3.8) is 0 Å². The van der Waals surface area contributed by atoms with Crippen LogP contribution in [-0.4, -0.2) is 24.6 Å². The summed E-state index contributed by atoms with van der Waals surface area (Å²) in [4.78, 5) is 25.9. The fraction of sp³-hybridized carbons (Fsp3) is 0.0952. The number of hydrogen-bond acceptors (Lipinski definition) is 9. The Labute approximate surface area is 176 Å². The minimum Gasteiger partial charge on any atom is -0.507 e. The van der Waals surface area contributed by atoms with Crippen molar-refractivity contribution in [3.05, 3.63) is 70.3 Å². The van der Waals surface area contributed by atoms with Gasteiger partial charge in [0.05, 0.1) is 17.2 Å². The summed E-state index contributed by atoms with van der Waals surface area (Å²) in [6.07, 6.45) is 0. The van der Waals surface area contributed by atoms with E-state index in [0.29, 0.717) is 17.0 Å². The van der Waals surface area contributed by atoms with E-state index in [0.717, 1.165) is 0 Å². The van der Waals surface area contributed by atoms with E-state index in [9.17, 15) is 15.2 Å². The second-order valence-electron chi connectivity index (χ2n) is 6.79. The standard InChI is InChI=1S/C21H18N8O2/c1-11(25-18-13(10-22)17(23)27-21(24)28-18)19-26-14-8-5-9-15(30)16(14)20(31)29(19)12-6-3-2-4-7-12/h2-9,11,30H,1H3,(H5,23,24,25,27,28)/t11-/m0/s1. The average Bonchev–Trinajstić information content (AvgIpc) is 2.74. The van der Waals surface area contributed by atoms with Gasteiger partial charge in [0, 0.05) is 0 Å². The molecule has 10 nitrogen and oxygen atoms in total. The lowest BCUT2D eigenvalue weighted by atomic mass is 10.2. The fourth-order valence-electron chi connectivity index (χ4n) is 3.33. The lowest BCUT2D eigenvalue weighted by Gasteiger charge is -2.21. The van der Waals surface area contributed by atoms with E-state index in [2.05, 4.69) is 20.3 Å². The van der Waals surface area contributed by atoms with Gasteiger partial charge in [0.15, 0.2) is 5.82 Å². The Hall–Kier alpha value is -4.65. The van der Waals surface area contributed by atoms with Gasteiger partial charge in [-0.1, -0.05) is 24.3 Å². The topological polar surface area (TPSA) is 169 Å². The first-order valence-corrected chi connectivity index (χ1v) is 9.30. The molecule has 6 N–H and O–H groups in total. The SMILES string of the molecule is C[C@H](Nc1nc(N)nc(N)c1C#N)c1nc2cccc(O)c2c(=O)n1-c1ccccc1. The maximum Gasteiger partial charge on any atom is 0.269 e. The minimum atomic E-state index is -0.597. The molecule has 0 aliphatic carbocycles. The third-order valence-electron chi connectivity index (χ3n) is 4.72. The number of phenolic OH excluding ortho intramolecular Hbond substituents is 1. The zero-order chi connectivity index (χ0) is 22.1. The maximum absolute atomic E-state index is 13.4. The highest BCUT2D eigenvalue weighted by Gasteiger charge is 2.21. The number of nitriles is 1. The van der Waals surface area contributed by atoms with E-state index >= 15 is 0 Å². The van der Waals surface area contributed by atoms with Gasteiger partial charge < -0.3 is 21.9 Å². The van der Waals surface area contributed by atoms with Crippen LogP contribution in [0.5, 0.6) is 5.75 Å². The van der Waals surface area contributed by atoms with Crippen LogP contribution in [0.25, 0.3) is 16.6 Å². The van der Waals surface area contributed by atoms with Crippen molar-refractivity contribution in [1.82, 2.24) is 19.5 Å². The van der Waals surface area contributed by atoms with E-state index in [1.165, 1.54) is 10.6 Å². The molecule has 1 atom stereocenters. The number of nitrogens with zero attached hydrogens (tertiary/aromatic N) is 5. The number of fused-ring (bicyclic) bond motifs is 1. The minimum absolute atomic E-state index is 0.0353. The summed E-state index contributed by atoms with van der Waals surface area (Å²) < 4.78 is 1.40. The number of aromatic hydroxyl groups is 1. The van der Waals surface area contributed by atoms with E-state index in [1.54, 1.807) is 43.3 Å². The van der Waals surface area contributed by atoms with E-state index < -0.39 is 11.6 Å². The molecule has 31 heavy (non-hydrogen) atoms. The van der Waals surface area contributed by atoms with Gasteiger partial charge >= 0.3 is 0 Å². The Morgan fingerprint density at radius 2 is 1.84 bits per heavy atom. The molecule has 0 aliphatic rings. The molecule has 0 fully saturated rings. The van der Waals surface area contributed by atoms with Crippen LogP contribution in [0, 0.1) is 11.3 Å². The maximum atomic E-state index is 13.4. The van der Waals surface area contributed by atoms with Crippen LogP contribution in [0.4, 0.5) is 17.6 Å². The highest BCUT2D eigenvalue weighted by Crippen LogP contribution is 2.27. The second kappa shape index (κ2) is 7.64. The molecule has 4 aromatic rings. The Bertz CT molecular complexity index is 1390. The van der Waals surface area contributed by atoms with E-state index in [1.807, 2.05) is 12.1 Å². The van der Waals surface area contributed by atoms with Crippen molar-refractivity contribution in [1.29, 1.82) is 5.26 Å². The number of aromatic nitrogens is 4. The summed E-state index contributed by atoms with van der Waals surface area (Å²) in [5.41, 5.74) is 12.0. The summed E-state index contributed by atoms with van der Waals surface area (Å²) in [5.74, 6) is 0.165. The summed E-state index contributed by atoms with van der Waals surface area (Å²) in [5, 5.41) is 22.9. The van der Waals surface area contributed by atoms with Gasteiger partial charge in [-0.25, -0.2) is 4.98 Å². The summed E-state index contributed by atoms with van der Waals surface area (Å²) in [7, 11) is 0. The molecule has 0 aliphatic heterocycles. The summed E-state index contributed by atoms with van der Waals surface area (Å²) in [6.45, 7) is 1.76. The highest BCUT2D eigenvalue weighted by atomic mass is 16.3. The number of benzene rings is 2. The number of rotatable bonds is 4. The molecule has 10 heteroatoms. The average molecular weight is 414 g/mol. The monoisotopic (exact) mass is 414 g/mol. The second-order valence-corrected chi connectivity index (χ2v) is 6.79. The van der Waals surface area contributed by atoms with Crippen LogP contribution in [0.15, 0.2) is 53.3 Å². The Morgan fingerprint density at radius 1 is 1.10 bits per heavy atom. The molecule has 0 amide bonds. The molecular weight excluding hydrogens is 396 g/mol. The van der Waals surface area contributed by atoms with Crippen molar-refractivity contribution >= 4 is 28.5 Å². The third kappa shape index (κ3) is 3.44. The first-order valence-electron chi connectivity index (χ1n) is 9.30. The first-order chi connectivity index (χ1) is 14.9. The van der Waals surface area contributed by atoms with Crippen LogP contribution in [0.2, 0.25) is 0 Å². The molecule has 0 saturated heterocycles. The summed E-state index contributed by atoms with van der Waals surface area (Å²) in [6, 6.07) is 15.0. The van der Waals surface area contributed by atoms with Crippen LogP contribution >= 0.6 is 0 Å². The number of nitrogens with one attached hydrogen (secondary N) is 1. The highest BCUT2D eigenvalue weighted by molar-refractivity contribution is 5.84. The Morgan fingerprint density at radius 3 is 2.55 bits per heavy atom. The van der Waals surface area contributed by atoms with Crippen molar-refractivity contribution < 1.29 is 5.11 Å². The number of nitrogen functional groups attached to an aromatic ring is 2. The van der Waals surface area contributed by atoms with Gasteiger partial charge in [0.2, 0.25) is 5.95 Å². The van der Waals surface area contributed by atoms with Crippen LogP contribution in [0.1, 0.15) is 24.4 Å². The van der Waals surface area contributed by atoms with Crippen LogP contribution in [0.3, 0.4) is 0 Å². The van der Waals surface area contributed by atoms with Gasteiger partial charge in [-0.3, -0.25) is 9.36 Å². The van der Waals surface area contributed by atoms with Gasteiger partial charge in [-0.2, -0.15) is 15.2 Å². The third-order valence-corrected chi connectivity index (χ3v) is 4.72. The molecule has 0 radical (unpaired) electrons. The number of para-hydroxylation sites is 1. The Kier molecular flexibility index (Phi) is 4.85. The number of hydrogen-bond donors (Lipinski definition) is 4. The molecule has 2 heterocycles. The number of anilines is 3. The smallest absolute Gasteiger partial charge is 0.269 e. The zero-order valence-corrected chi connectivity index (χ0v) is 16.4. The van der Waals surface area contributed by atoms with E-state index in [-0.39, 0.29) is 34.3 Å². The zero-order valence-electron chi connectivity index (χ0n) is 16.4. The van der Waals surface area contributed by atoms with Crippen molar-refractivity contribution in [2.24, 2.45) is 0 Å². The largest absolute Gasteiger partial charge is 0.507 e. The van der Waals surface area contributed by atoms with Gasteiger partial charge in [-0.15, -0.1) is 0 Å². The molecule has 4 rings (SSSR count). The van der Waals surface area contributed by atoms with Crippen molar-refractivity contribution in [2.45, 2.75) is 13.0 Å². The van der Waals surface area contributed by atoms with Gasteiger partial charge in [0.25, 0.3) is 5.56 Å². The van der Waals surface area contributed by atoms with Crippen LogP contribution in [-0.2, 0) is 0 Å². The molecule has 0 unspecified atom stereocenters. The lowest BCUT2D eigenvalue weighted by Crippen LogP contribution is -2.27. The van der Waals surface area contributed by atoms with Crippen molar-refractivity contribution in [2.75, 3.05) is 16.8 Å². The normalized spacial score (nSPS) is 11.7. The molecular formula is C21H18N8O2. The molecule has 0 saturated carbocycles. The van der Waals surface area contributed by atoms with E-state index in [4.69, 9.17) is 11.5 Å². The number of phenols is 1. The summed E-state index contributed by atoms with van der Waals surface area (Å²) >= 11 is 0. The molecule has 2 aromatic heterocycles. The van der Waals surface area contributed by atoms with Crippen LogP contribution < -0.4 is 22.3 Å². The predicted octanol–water partition coefficient (Wildman–Crippen LogP) is 2.09. The predicted molar refractivity (Wildman–Crippen MR) is 117 cm³/mol. The van der Waals surface area contributed by atoms with Crippen molar-refractivity contribution in [3.8, 4) is 17.5 Å². The molecule has 154 valence electrons. The van der Waals surface area contributed by atoms with Gasteiger partial charge in [-0.05, 0) is 31.2 Å². The quantitative estimate of drug-likeness (QED) is 0.390. The lowest BCUT2D eigenvalue weighted by molar-refractivity contribution is 0.480. The Balaban J connectivity index is 1.94. The first kappa shape index (κ1) is 19.7. The number of nitrogens with two attached hydrogens (primary N) is 2. The fourth-order valence-corrected chi connectivity index (χ4v) is 3.33. The molecule has 2 aromatic carbocycles. The molecule has 0 bridgehead atoms. The van der Waals surface area contributed by atoms with Gasteiger partial charge in [0.1, 0.15) is 34.4 Å². The molecule has 0 spiro atoms.